The maximum Gasteiger partial charge on any atom is 0.115 e. The van der Waals surface area contributed by atoms with Crippen molar-refractivity contribution in [3.05, 3.63) is 18.7 Å². The predicted molar refractivity (Wildman–Crippen MR) is 51.5 cm³/mol. The number of nitrogens with two attached hydrogens (primary N) is 1. The molecule has 70 valence electrons. The number of hydrogen-bond acceptors (Lipinski definition) is 4. The second-order valence-electron chi connectivity index (χ2n) is 3.32. The van der Waals surface area contributed by atoms with Crippen molar-refractivity contribution in [1.82, 2.24) is 9.97 Å². The Hall–Kier alpha value is -1.16. The van der Waals surface area contributed by atoms with Gasteiger partial charge < -0.3 is 10.6 Å². The minimum atomic E-state index is 0.478. The van der Waals surface area contributed by atoms with Gasteiger partial charge in [0, 0.05) is 19.1 Å². The van der Waals surface area contributed by atoms with Crippen LogP contribution >= 0.6 is 0 Å². The van der Waals surface area contributed by atoms with Gasteiger partial charge >= 0.3 is 0 Å². The van der Waals surface area contributed by atoms with Crippen LogP contribution in [0.2, 0.25) is 0 Å². The highest BCUT2D eigenvalue weighted by Gasteiger charge is 2.23. The molecule has 1 fully saturated rings. The smallest absolute Gasteiger partial charge is 0.115 e. The first-order chi connectivity index (χ1) is 6.42. The van der Waals surface area contributed by atoms with E-state index in [9.17, 15) is 0 Å². The van der Waals surface area contributed by atoms with E-state index in [2.05, 4.69) is 14.9 Å². The molecule has 2 rings (SSSR count). The van der Waals surface area contributed by atoms with Crippen molar-refractivity contribution in [2.24, 2.45) is 5.73 Å². The summed E-state index contributed by atoms with van der Waals surface area (Å²) in [7, 11) is 0. The number of rotatable bonds is 2. The standard InChI is InChI=1S/C9H14N4/c10-4-8-2-1-3-13(8)9-5-11-7-12-6-9/h5-8H,1-4,10H2/t8-/m0/s1. The van der Waals surface area contributed by atoms with E-state index in [1.165, 1.54) is 12.8 Å². The van der Waals surface area contributed by atoms with Crippen molar-refractivity contribution >= 4 is 5.69 Å². The Morgan fingerprint density at radius 3 is 2.92 bits per heavy atom. The van der Waals surface area contributed by atoms with Crippen LogP contribution in [0.4, 0.5) is 5.69 Å². The van der Waals surface area contributed by atoms with Gasteiger partial charge in [0.15, 0.2) is 0 Å². The Kier molecular flexibility index (Phi) is 2.40. The summed E-state index contributed by atoms with van der Waals surface area (Å²) in [4.78, 5) is 10.3. The fraction of sp³-hybridized carbons (Fsp3) is 0.556. The van der Waals surface area contributed by atoms with Crippen molar-refractivity contribution in [2.75, 3.05) is 18.0 Å². The summed E-state index contributed by atoms with van der Waals surface area (Å²) in [6.07, 6.45) is 7.65. The number of aromatic nitrogens is 2. The van der Waals surface area contributed by atoms with Gasteiger partial charge in [-0.3, -0.25) is 0 Å². The fourth-order valence-electron chi connectivity index (χ4n) is 1.86. The van der Waals surface area contributed by atoms with Gasteiger partial charge in [0.05, 0.1) is 18.1 Å². The molecule has 0 unspecified atom stereocenters. The van der Waals surface area contributed by atoms with Gasteiger partial charge in [0.25, 0.3) is 0 Å². The van der Waals surface area contributed by atoms with Crippen LogP contribution in [-0.4, -0.2) is 29.1 Å². The molecule has 1 atom stereocenters. The molecule has 4 nitrogen and oxygen atoms in total. The van der Waals surface area contributed by atoms with Gasteiger partial charge in [-0.1, -0.05) is 0 Å². The van der Waals surface area contributed by atoms with Crippen molar-refractivity contribution < 1.29 is 0 Å². The maximum atomic E-state index is 5.68. The first kappa shape index (κ1) is 8.44. The Labute approximate surface area is 77.8 Å². The summed E-state index contributed by atoms with van der Waals surface area (Å²) < 4.78 is 0. The molecule has 0 spiro atoms. The molecule has 0 amide bonds. The third-order valence-corrected chi connectivity index (χ3v) is 2.53. The lowest BCUT2D eigenvalue weighted by Gasteiger charge is -2.24. The van der Waals surface area contributed by atoms with Gasteiger partial charge in [-0.25, -0.2) is 9.97 Å². The molecule has 2 N–H and O–H groups in total. The first-order valence-electron chi connectivity index (χ1n) is 4.63. The summed E-state index contributed by atoms with van der Waals surface area (Å²) in [5.74, 6) is 0. The molecule has 1 aliphatic rings. The van der Waals surface area contributed by atoms with E-state index in [0.29, 0.717) is 6.04 Å². The predicted octanol–water partition coefficient (Wildman–Crippen LogP) is 0.404. The topological polar surface area (TPSA) is 55.0 Å². The van der Waals surface area contributed by atoms with Crippen molar-refractivity contribution in [3.8, 4) is 0 Å². The maximum absolute atomic E-state index is 5.68. The molecule has 0 bridgehead atoms. The van der Waals surface area contributed by atoms with E-state index in [4.69, 9.17) is 5.73 Å². The van der Waals surface area contributed by atoms with Crippen LogP contribution in [0.1, 0.15) is 12.8 Å². The lowest BCUT2D eigenvalue weighted by molar-refractivity contribution is 0.675. The fourth-order valence-corrected chi connectivity index (χ4v) is 1.86. The van der Waals surface area contributed by atoms with E-state index in [0.717, 1.165) is 18.8 Å². The second kappa shape index (κ2) is 3.70. The summed E-state index contributed by atoms with van der Waals surface area (Å²) in [5, 5.41) is 0. The first-order valence-corrected chi connectivity index (χ1v) is 4.63. The Balaban J connectivity index is 2.16. The van der Waals surface area contributed by atoms with Crippen LogP contribution in [0, 0.1) is 0 Å². The van der Waals surface area contributed by atoms with Gasteiger partial charge in [0.2, 0.25) is 0 Å². The second-order valence-corrected chi connectivity index (χ2v) is 3.32. The van der Waals surface area contributed by atoms with Crippen LogP contribution in [0.5, 0.6) is 0 Å². The monoisotopic (exact) mass is 178 g/mol. The van der Waals surface area contributed by atoms with Crippen LogP contribution in [0.25, 0.3) is 0 Å². The zero-order valence-corrected chi connectivity index (χ0v) is 7.56. The van der Waals surface area contributed by atoms with Gasteiger partial charge in [-0.05, 0) is 12.8 Å². The largest absolute Gasteiger partial charge is 0.365 e. The Morgan fingerprint density at radius 2 is 2.23 bits per heavy atom. The SMILES string of the molecule is NC[C@@H]1CCCN1c1cncnc1. The van der Waals surface area contributed by atoms with E-state index in [1.54, 1.807) is 6.33 Å². The van der Waals surface area contributed by atoms with Crippen molar-refractivity contribution in [1.29, 1.82) is 0 Å². The molecular formula is C9H14N4. The molecule has 1 aromatic rings. The molecule has 0 aliphatic carbocycles. The highest BCUT2D eigenvalue weighted by molar-refractivity contribution is 5.44. The van der Waals surface area contributed by atoms with E-state index >= 15 is 0 Å². The van der Waals surface area contributed by atoms with Gasteiger partial charge in [0.1, 0.15) is 6.33 Å². The van der Waals surface area contributed by atoms with E-state index in [1.807, 2.05) is 12.4 Å². The minimum absolute atomic E-state index is 0.478. The third-order valence-electron chi connectivity index (χ3n) is 2.53. The molecule has 1 saturated heterocycles. The molecule has 0 aromatic carbocycles. The Bertz CT molecular complexity index is 262. The highest BCUT2D eigenvalue weighted by Crippen LogP contribution is 2.22. The number of hydrogen-bond donors (Lipinski definition) is 1. The summed E-state index contributed by atoms with van der Waals surface area (Å²) in [6, 6.07) is 0.478. The summed E-state index contributed by atoms with van der Waals surface area (Å²) in [5.41, 5.74) is 6.77. The molecule has 0 saturated carbocycles. The van der Waals surface area contributed by atoms with Gasteiger partial charge in [-0.2, -0.15) is 0 Å². The minimum Gasteiger partial charge on any atom is -0.365 e. The lowest BCUT2D eigenvalue weighted by Crippen LogP contribution is -2.35. The number of nitrogens with zero attached hydrogens (tertiary/aromatic N) is 3. The zero-order chi connectivity index (χ0) is 9.10. The Morgan fingerprint density at radius 1 is 1.46 bits per heavy atom. The average molecular weight is 178 g/mol. The highest BCUT2D eigenvalue weighted by atomic mass is 15.2. The molecular weight excluding hydrogens is 164 g/mol. The summed E-state index contributed by atoms with van der Waals surface area (Å²) in [6.45, 7) is 1.80. The van der Waals surface area contributed by atoms with Gasteiger partial charge in [-0.15, -0.1) is 0 Å². The molecule has 2 heterocycles. The van der Waals surface area contributed by atoms with E-state index < -0.39 is 0 Å². The van der Waals surface area contributed by atoms with E-state index in [-0.39, 0.29) is 0 Å². The average Bonchev–Trinajstić information content (AvgIpc) is 2.67. The van der Waals surface area contributed by atoms with Crippen LogP contribution in [-0.2, 0) is 0 Å². The molecule has 13 heavy (non-hydrogen) atoms. The van der Waals surface area contributed by atoms with Crippen molar-refractivity contribution in [3.63, 3.8) is 0 Å². The zero-order valence-electron chi connectivity index (χ0n) is 7.56. The molecule has 0 radical (unpaired) electrons. The number of anilines is 1. The normalized spacial score (nSPS) is 22.2. The summed E-state index contributed by atoms with van der Waals surface area (Å²) >= 11 is 0. The molecule has 4 heteroatoms. The van der Waals surface area contributed by atoms with Crippen LogP contribution in [0.3, 0.4) is 0 Å². The molecule has 1 aliphatic heterocycles. The third kappa shape index (κ3) is 1.62. The quantitative estimate of drug-likeness (QED) is 0.712. The van der Waals surface area contributed by atoms with Crippen LogP contribution < -0.4 is 10.6 Å². The molecule has 1 aromatic heterocycles. The van der Waals surface area contributed by atoms with Crippen molar-refractivity contribution in [2.45, 2.75) is 18.9 Å². The lowest BCUT2D eigenvalue weighted by atomic mass is 10.2. The van der Waals surface area contributed by atoms with Crippen LogP contribution in [0.15, 0.2) is 18.7 Å².